The number of rotatable bonds is 7. The second-order valence-electron chi connectivity index (χ2n) is 11.9. The Morgan fingerprint density at radius 2 is 1.64 bits per heavy atom. The fourth-order valence-corrected chi connectivity index (χ4v) is 3.46. The summed E-state index contributed by atoms with van der Waals surface area (Å²) in [6, 6.07) is 0. The molecule has 42 heavy (non-hydrogen) atoms. The van der Waals surface area contributed by atoms with Crippen molar-refractivity contribution in [3.63, 3.8) is 0 Å². The van der Waals surface area contributed by atoms with Crippen LogP contribution in [0.4, 0.5) is 0 Å². The van der Waals surface area contributed by atoms with Gasteiger partial charge in [0, 0.05) is 27.1 Å². The minimum atomic E-state index is -0.458. The van der Waals surface area contributed by atoms with Gasteiger partial charge in [-0.25, -0.2) is 0 Å². The molecule has 0 unspecified atom stereocenters. The summed E-state index contributed by atoms with van der Waals surface area (Å²) in [5.41, 5.74) is 0.774. The fourth-order valence-electron chi connectivity index (χ4n) is 3.46. The van der Waals surface area contributed by atoms with E-state index in [-0.39, 0.29) is 43.9 Å². The highest BCUT2D eigenvalue weighted by Gasteiger charge is 2.50. The lowest BCUT2D eigenvalue weighted by Gasteiger charge is -2.32. The Labute approximate surface area is 262 Å². The molecule has 3 aliphatic rings. The number of carbonyl (C=O) groups is 3. The van der Waals surface area contributed by atoms with Gasteiger partial charge in [0.05, 0.1) is 43.0 Å². The Morgan fingerprint density at radius 3 is 2.02 bits per heavy atom. The summed E-state index contributed by atoms with van der Waals surface area (Å²) < 4.78 is 21.4. The zero-order valence-electron chi connectivity index (χ0n) is 27.8. The monoisotopic (exact) mass is 615 g/mol. The van der Waals surface area contributed by atoms with Crippen molar-refractivity contribution >= 4 is 38.8 Å². The van der Waals surface area contributed by atoms with E-state index < -0.39 is 18.3 Å². The maximum absolute atomic E-state index is 11.2. The molecule has 3 rings (SSSR count). The second kappa shape index (κ2) is 21.8. The van der Waals surface area contributed by atoms with E-state index in [1.807, 2.05) is 48.5 Å². The maximum atomic E-state index is 11.2. The highest BCUT2D eigenvalue weighted by Crippen LogP contribution is 2.36. The zero-order valence-corrected chi connectivity index (χ0v) is 28.8. The fraction of sp³-hybridized carbons (Fsp3) is 0.767. The smallest absolute Gasteiger partial charge is 0.402 e. The van der Waals surface area contributed by atoms with Gasteiger partial charge in [0.1, 0.15) is 0 Å². The summed E-state index contributed by atoms with van der Waals surface area (Å²) in [6.45, 7) is 20.5. The Balaban J connectivity index is 0. The molecule has 244 valence electrons. The van der Waals surface area contributed by atoms with Crippen molar-refractivity contribution in [1.29, 1.82) is 0 Å². The molecule has 0 aromatic rings. The average molecular weight is 616 g/mol. The number of hydrogen-bond donors (Lipinski definition) is 2. The Morgan fingerprint density at radius 1 is 1.10 bits per heavy atom. The molecule has 0 radical (unpaired) electrons. The van der Waals surface area contributed by atoms with Crippen molar-refractivity contribution in [2.24, 2.45) is 0 Å². The van der Waals surface area contributed by atoms with E-state index in [2.05, 4.69) is 35.8 Å². The molecule has 2 fully saturated rings. The molecule has 2 aliphatic heterocycles. The lowest BCUT2D eigenvalue weighted by molar-refractivity contribution is -0.132. The first-order valence-corrected chi connectivity index (χ1v) is 14.6. The summed E-state index contributed by atoms with van der Waals surface area (Å²) >= 11 is 0. The molecule has 0 aromatic heterocycles. The molecular formula is C30H58BN3O7S. The third-order valence-electron chi connectivity index (χ3n) is 6.79. The molecule has 0 bridgehead atoms. The van der Waals surface area contributed by atoms with Gasteiger partial charge in [0.15, 0.2) is 0 Å². The lowest BCUT2D eigenvalue weighted by Crippen LogP contribution is -2.41. The van der Waals surface area contributed by atoms with E-state index in [0.29, 0.717) is 19.6 Å². The average Bonchev–Trinajstić information content (AvgIpc) is 3.14. The topological polar surface area (TPSA) is 115 Å². The Hall–Kier alpha value is -1.86. The molecular weight excluding hydrogens is 557 g/mol. The number of morpholine rings is 1. The number of ether oxygens (including phenoxy) is 2. The minimum absolute atomic E-state index is 0. The van der Waals surface area contributed by atoms with Crippen LogP contribution in [0.5, 0.6) is 0 Å². The van der Waals surface area contributed by atoms with Crippen molar-refractivity contribution in [2.45, 2.75) is 105 Å². The highest BCUT2D eigenvalue weighted by atomic mass is 32.1. The Kier molecular flexibility index (Phi) is 21.9. The van der Waals surface area contributed by atoms with Gasteiger partial charge in [-0.1, -0.05) is 37.1 Å². The summed E-state index contributed by atoms with van der Waals surface area (Å²) in [5.74, 6) is -0.120. The number of nitrogens with zero attached hydrogens (tertiary/aromatic N) is 1. The van der Waals surface area contributed by atoms with Gasteiger partial charge in [-0.2, -0.15) is 13.5 Å². The van der Waals surface area contributed by atoms with Gasteiger partial charge >= 0.3 is 7.12 Å². The molecule has 3 amide bonds. The van der Waals surface area contributed by atoms with Gasteiger partial charge in [0.25, 0.3) is 0 Å². The maximum Gasteiger partial charge on any atom is 0.478 e. The van der Waals surface area contributed by atoms with E-state index in [1.165, 1.54) is 31.3 Å². The van der Waals surface area contributed by atoms with Crippen molar-refractivity contribution in [1.82, 2.24) is 15.5 Å². The molecule has 0 saturated carbocycles. The van der Waals surface area contributed by atoms with E-state index in [0.717, 1.165) is 13.1 Å². The van der Waals surface area contributed by atoms with Crippen LogP contribution in [0.15, 0.2) is 23.8 Å². The van der Waals surface area contributed by atoms with Crippen LogP contribution in [-0.2, 0) is 33.2 Å². The third-order valence-corrected chi connectivity index (χ3v) is 6.79. The Bertz CT molecular complexity index is 823. The molecule has 1 aliphatic carbocycles. The summed E-state index contributed by atoms with van der Waals surface area (Å²) in [7, 11) is 1.25. The number of methoxy groups -OCH3 is 1. The van der Waals surface area contributed by atoms with Crippen molar-refractivity contribution in [3.05, 3.63) is 23.8 Å². The molecule has 12 heteroatoms. The quantitative estimate of drug-likeness (QED) is 0.329. The van der Waals surface area contributed by atoms with E-state index in [4.69, 9.17) is 18.8 Å². The van der Waals surface area contributed by atoms with Crippen LogP contribution in [0.3, 0.4) is 0 Å². The molecule has 0 spiro atoms. The summed E-state index contributed by atoms with van der Waals surface area (Å²) in [4.78, 5) is 33.7. The van der Waals surface area contributed by atoms with Crippen LogP contribution < -0.4 is 10.6 Å². The molecule has 2 saturated heterocycles. The van der Waals surface area contributed by atoms with Crippen LogP contribution >= 0.6 is 13.5 Å². The number of hydrogen-bond acceptors (Lipinski definition) is 7. The van der Waals surface area contributed by atoms with Crippen LogP contribution in [0.25, 0.3) is 0 Å². The van der Waals surface area contributed by atoms with Gasteiger partial charge in [-0.15, -0.1) is 0 Å². The van der Waals surface area contributed by atoms with Gasteiger partial charge in [0.2, 0.25) is 18.2 Å². The SMILES string of the molecule is CC(=O)N1CCOCC1.CC1(C)OB(CNC(=O)CNC=O)OC1(C)C.CCCC1=CCCC=C1.COC(C)(C)C.S. The number of nitrogens with one attached hydrogen (secondary N) is 2. The number of allylic oxidation sites excluding steroid dienone is 4. The van der Waals surface area contributed by atoms with Crippen molar-refractivity contribution in [3.8, 4) is 0 Å². The third kappa shape index (κ3) is 19.4. The highest BCUT2D eigenvalue weighted by molar-refractivity contribution is 7.59. The van der Waals surface area contributed by atoms with Gasteiger partial charge in [-0.3, -0.25) is 14.4 Å². The van der Waals surface area contributed by atoms with Crippen molar-refractivity contribution in [2.75, 3.05) is 46.4 Å². The standard InChI is InChI=1S/C10H19BN2O4.C9H14.C6H11NO2.C5H12O.H2S/c1-9(2)10(3,4)17-11(16-9)6-13-8(15)5-12-7-14;1-2-6-9-7-4-3-5-8-9;1-6(8)7-2-4-9-5-3-7;1-5(2,3)6-4;/h7H,5-6H2,1-4H3,(H,12,14)(H,13,15);4,7-8H,2-3,5-6H2,1H3;2-5H2,1H3;1-4H3;1H2. The largest absolute Gasteiger partial charge is 0.478 e. The number of carbonyl (C=O) groups excluding carboxylic acids is 3. The first-order chi connectivity index (χ1) is 19.1. The minimum Gasteiger partial charge on any atom is -0.402 e. The molecule has 10 nitrogen and oxygen atoms in total. The van der Waals surface area contributed by atoms with E-state index >= 15 is 0 Å². The van der Waals surface area contributed by atoms with Gasteiger partial charge in [-0.05, 0) is 67.7 Å². The molecule has 2 heterocycles. The first-order valence-electron chi connectivity index (χ1n) is 14.6. The molecule has 0 aromatic carbocycles. The molecule has 2 N–H and O–H groups in total. The lowest BCUT2D eigenvalue weighted by atomic mass is 9.90. The second-order valence-corrected chi connectivity index (χ2v) is 11.9. The van der Waals surface area contributed by atoms with E-state index in [9.17, 15) is 14.4 Å². The van der Waals surface area contributed by atoms with E-state index in [1.54, 1.807) is 18.9 Å². The van der Waals surface area contributed by atoms with Crippen molar-refractivity contribution < 1.29 is 33.2 Å². The predicted octanol–water partition coefficient (Wildman–Crippen LogP) is 3.95. The zero-order chi connectivity index (χ0) is 31.5. The molecule has 0 atom stereocenters. The first kappa shape index (κ1) is 42.3. The summed E-state index contributed by atoms with van der Waals surface area (Å²) in [5, 5.41) is 4.91. The predicted molar refractivity (Wildman–Crippen MR) is 175 cm³/mol. The van der Waals surface area contributed by atoms with Crippen LogP contribution in [0, 0.1) is 0 Å². The number of amides is 3. The van der Waals surface area contributed by atoms with Gasteiger partial charge < -0.3 is 34.3 Å². The van der Waals surface area contributed by atoms with Crippen LogP contribution in [0.2, 0.25) is 0 Å². The summed E-state index contributed by atoms with van der Waals surface area (Å²) in [6.07, 6.45) is 12.7. The van der Waals surface area contributed by atoms with Crippen LogP contribution in [0.1, 0.15) is 88.0 Å². The normalized spacial score (nSPS) is 18.3. The van der Waals surface area contributed by atoms with Crippen LogP contribution in [-0.4, -0.2) is 93.4 Å².